The van der Waals surface area contributed by atoms with Crippen molar-refractivity contribution in [1.29, 1.82) is 0 Å². The average molecular weight is 265 g/mol. The number of pyridine rings is 1. The third kappa shape index (κ3) is 2.16. The van der Waals surface area contributed by atoms with E-state index in [-0.39, 0.29) is 5.91 Å². The van der Waals surface area contributed by atoms with E-state index in [4.69, 9.17) is 0 Å². The number of nitrogens with one attached hydrogen (secondary N) is 1. The Morgan fingerprint density at radius 3 is 2.80 bits per heavy atom. The molecule has 0 atom stereocenters. The second kappa shape index (κ2) is 4.81. The van der Waals surface area contributed by atoms with Crippen LogP contribution in [-0.4, -0.2) is 15.5 Å². The van der Waals surface area contributed by atoms with Crippen LogP contribution in [0.1, 0.15) is 16.1 Å². The van der Waals surface area contributed by atoms with Crippen molar-refractivity contribution in [1.82, 2.24) is 9.55 Å². The molecule has 0 fully saturated rings. The van der Waals surface area contributed by atoms with Crippen molar-refractivity contribution in [3.05, 3.63) is 59.9 Å². The number of rotatable bonds is 2. The minimum Gasteiger partial charge on any atom is -0.340 e. The molecule has 2 heterocycles. The lowest BCUT2D eigenvalue weighted by molar-refractivity contribution is 0.101. The van der Waals surface area contributed by atoms with Gasteiger partial charge >= 0.3 is 0 Å². The molecule has 2 aromatic heterocycles. The number of nitrogens with zero attached hydrogens (tertiary/aromatic N) is 2. The highest BCUT2D eigenvalue weighted by Gasteiger charge is 2.13. The zero-order valence-electron chi connectivity index (χ0n) is 11.4. The van der Waals surface area contributed by atoms with Crippen molar-refractivity contribution in [2.24, 2.45) is 7.05 Å². The van der Waals surface area contributed by atoms with Crippen molar-refractivity contribution in [3.8, 4) is 0 Å². The molecule has 4 heteroatoms. The van der Waals surface area contributed by atoms with Crippen LogP contribution >= 0.6 is 0 Å². The number of fused-ring (bicyclic) bond motifs is 1. The predicted octanol–water partition coefficient (Wildman–Crippen LogP) is 3.13. The number of aromatic nitrogens is 2. The van der Waals surface area contributed by atoms with Crippen LogP contribution < -0.4 is 5.32 Å². The second-order valence-electron chi connectivity index (χ2n) is 4.82. The number of hydrogen-bond acceptors (Lipinski definition) is 2. The Bertz CT molecular complexity index is 775. The van der Waals surface area contributed by atoms with Gasteiger partial charge in [0.05, 0.1) is 0 Å². The molecule has 20 heavy (non-hydrogen) atoms. The summed E-state index contributed by atoms with van der Waals surface area (Å²) in [4.78, 5) is 16.4. The number of aryl methyl sites for hydroxylation is 2. The molecular formula is C16H15N3O. The van der Waals surface area contributed by atoms with Gasteiger partial charge in [-0.15, -0.1) is 0 Å². The molecule has 0 bridgehead atoms. The van der Waals surface area contributed by atoms with E-state index >= 15 is 0 Å². The quantitative estimate of drug-likeness (QED) is 0.773. The molecule has 0 saturated carbocycles. The third-order valence-corrected chi connectivity index (χ3v) is 3.34. The topological polar surface area (TPSA) is 46.9 Å². The lowest BCUT2D eigenvalue weighted by Gasteiger charge is -2.05. The van der Waals surface area contributed by atoms with Gasteiger partial charge in [0.25, 0.3) is 5.91 Å². The van der Waals surface area contributed by atoms with Gasteiger partial charge in [-0.3, -0.25) is 4.79 Å². The maximum Gasteiger partial charge on any atom is 0.273 e. The third-order valence-electron chi connectivity index (χ3n) is 3.34. The highest BCUT2D eigenvalue weighted by Crippen LogP contribution is 2.20. The fraction of sp³-hybridized carbons (Fsp3) is 0.125. The second-order valence-corrected chi connectivity index (χ2v) is 4.82. The van der Waals surface area contributed by atoms with E-state index in [2.05, 4.69) is 16.4 Å². The number of carbonyl (C=O) groups is 1. The van der Waals surface area contributed by atoms with Crippen LogP contribution in [0.3, 0.4) is 0 Å². The van der Waals surface area contributed by atoms with Gasteiger partial charge in [-0.2, -0.15) is 0 Å². The van der Waals surface area contributed by atoms with E-state index in [1.54, 1.807) is 12.3 Å². The molecule has 4 nitrogen and oxygen atoms in total. The van der Waals surface area contributed by atoms with E-state index in [0.717, 1.165) is 10.9 Å². The molecule has 0 aliphatic rings. The molecule has 0 aliphatic carbocycles. The van der Waals surface area contributed by atoms with Crippen molar-refractivity contribution in [2.75, 3.05) is 5.32 Å². The van der Waals surface area contributed by atoms with E-state index in [1.165, 1.54) is 5.56 Å². The van der Waals surface area contributed by atoms with Gasteiger partial charge in [0.2, 0.25) is 0 Å². The van der Waals surface area contributed by atoms with Crippen LogP contribution in [0.4, 0.5) is 5.82 Å². The first kappa shape index (κ1) is 12.4. The van der Waals surface area contributed by atoms with Crippen LogP contribution in [-0.2, 0) is 7.05 Å². The maximum atomic E-state index is 12.3. The molecule has 1 aromatic carbocycles. The molecule has 0 spiro atoms. The number of amides is 1. The molecule has 3 aromatic rings. The molecule has 0 saturated heterocycles. The first-order valence-electron chi connectivity index (χ1n) is 6.43. The summed E-state index contributed by atoms with van der Waals surface area (Å²) in [6.45, 7) is 2.04. The Hall–Kier alpha value is -2.62. The molecule has 1 amide bonds. The van der Waals surface area contributed by atoms with Crippen molar-refractivity contribution in [3.63, 3.8) is 0 Å². The minimum atomic E-state index is -0.153. The molecular weight excluding hydrogens is 250 g/mol. The summed E-state index contributed by atoms with van der Waals surface area (Å²) >= 11 is 0. The van der Waals surface area contributed by atoms with Crippen LogP contribution in [0, 0.1) is 6.92 Å². The zero-order valence-corrected chi connectivity index (χ0v) is 11.4. The number of carbonyl (C=O) groups excluding carboxylic acids is 1. The lowest BCUT2D eigenvalue weighted by atomic mass is 10.2. The Morgan fingerprint density at radius 2 is 2.05 bits per heavy atom. The zero-order chi connectivity index (χ0) is 14.1. The molecule has 0 radical (unpaired) electrons. The van der Waals surface area contributed by atoms with Gasteiger partial charge in [0.15, 0.2) is 0 Å². The summed E-state index contributed by atoms with van der Waals surface area (Å²) in [5, 5.41) is 3.87. The number of hydrogen-bond donors (Lipinski definition) is 1. The summed E-state index contributed by atoms with van der Waals surface area (Å²) in [5.74, 6) is 0.402. The molecule has 0 unspecified atom stereocenters. The molecule has 3 rings (SSSR count). The van der Waals surface area contributed by atoms with Crippen LogP contribution in [0.25, 0.3) is 10.9 Å². The summed E-state index contributed by atoms with van der Waals surface area (Å²) in [6, 6.07) is 13.5. The monoisotopic (exact) mass is 265 g/mol. The molecule has 100 valence electrons. The highest BCUT2D eigenvalue weighted by atomic mass is 16.2. The van der Waals surface area contributed by atoms with Gasteiger partial charge in [0, 0.05) is 24.1 Å². The summed E-state index contributed by atoms with van der Waals surface area (Å²) in [5.41, 5.74) is 2.85. The fourth-order valence-corrected chi connectivity index (χ4v) is 2.30. The Labute approximate surface area is 117 Å². The van der Waals surface area contributed by atoms with Gasteiger partial charge in [-0.05, 0) is 37.3 Å². The van der Waals surface area contributed by atoms with Crippen LogP contribution in [0.2, 0.25) is 0 Å². The van der Waals surface area contributed by atoms with Crippen LogP contribution in [0.15, 0.2) is 48.7 Å². The summed E-state index contributed by atoms with van der Waals surface area (Å²) in [7, 11) is 1.89. The summed E-state index contributed by atoms with van der Waals surface area (Å²) < 4.78 is 1.90. The van der Waals surface area contributed by atoms with Crippen molar-refractivity contribution in [2.45, 2.75) is 6.92 Å². The first-order chi connectivity index (χ1) is 9.65. The largest absolute Gasteiger partial charge is 0.340 e. The SMILES string of the molecule is Cc1ccc2c(c1)cc(C(=O)Nc1ccccn1)n2C. The highest BCUT2D eigenvalue weighted by molar-refractivity contribution is 6.06. The predicted molar refractivity (Wildman–Crippen MR) is 79.8 cm³/mol. The smallest absolute Gasteiger partial charge is 0.273 e. The molecule has 0 aliphatic heterocycles. The number of benzene rings is 1. The lowest BCUT2D eigenvalue weighted by Crippen LogP contribution is -2.16. The fourth-order valence-electron chi connectivity index (χ4n) is 2.30. The van der Waals surface area contributed by atoms with Crippen molar-refractivity contribution >= 4 is 22.6 Å². The van der Waals surface area contributed by atoms with Gasteiger partial charge in [-0.25, -0.2) is 4.98 Å². The normalized spacial score (nSPS) is 10.7. The van der Waals surface area contributed by atoms with E-state index < -0.39 is 0 Å². The van der Waals surface area contributed by atoms with E-state index in [0.29, 0.717) is 11.5 Å². The van der Waals surface area contributed by atoms with E-state index in [9.17, 15) is 4.79 Å². The van der Waals surface area contributed by atoms with Gasteiger partial charge < -0.3 is 9.88 Å². The molecule has 1 N–H and O–H groups in total. The Morgan fingerprint density at radius 1 is 1.20 bits per heavy atom. The maximum absolute atomic E-state index is 12.3. The van der Waals surface area contributed by atoms with Gasteiger partial charge in [-0.1, -0.05) is 17.7 Å². The van der Waals surface area contributed by atoms with Gasteiger partial charge in [0.1, 0.15) is 11.5 Å². The Balaban J connectivity index is 1.97. The van der Waals surface area contributed by atoms with Crippen molar-refractivity contribution < 1.29 is 4.79 Å². The average Bonchev–Trinajstić information content (AvgIpc) is 2.76. The number of anilines is 1. The summed E-state index contributed by atoms with van der Waals surface area (Å²) in [6.07, 6.45) is 1.65. The standard InChI is InChI=1S/C16H15N3O/c1-11-6-7-13-12(9-11)10-14(19(13)2)16(20)18-15-5-3-4-8-17-15/h3-10H,1-2H3,(H,17,18,20). The minimum absolute atomic E-state index is 0.153. The van der Waals surface area contributed by atoms with E-state index in [1.807, 2.05) is 48.9 Å². The Kier molecular flexibility index (Phi) is 2.99. The van der Waals surface area contributed by atoms with Crippen LogP contribution in [0.5, 0.6) is 0 Å². The first-order valence-corrected chi connectivity index (χ1v) is 6.43.